The van der Waals surface area contributed by atoms with E-state index >= 15 is 0 Å². The van der Waals surface area contributed by atoms with E-state index in [4.69, 9.17) is 10.5 Å². The Bertz CT molecular complexity index is 380. The first kappa shape index (κ1) is 12.2. The first-order valence-corrected chi connectivity index (χ1v) is 6.26. The van der Waals surface area contributed by atoms with Crippen molar-refractivity contribution in [2.45, 2.75) is 38.6 Å². The highest BCUT2D eigenvalue weighted by Gasteiger charge is 2.20. The Hall–Kier alpha value is -1.23. The highest BCUT2D eigenvalue weighted by atomic mass is 16.5. The molecule has 0 bridgehead atoms. The average Bonchev–Trinajstić information content (AvgIpc) is 2.58. The fourth-order valence-electron chi connectivity index (χ4n) is 2.21. The maximum Gasteiger partial charge on any atom is 0.148 e. The van der Waals surface area contributed by atoms with Crippen LogP contribution in [0, 0.1) is 0 Å². The molecule has 0 amide bonds. The van der Waals surface area contributed by atoms with Crippen molar-refractivity contribution < 1.29 is 4.74 Å². The predicted octanol–water partition coefficient (Wildman–Crippen LogP) is 1.72. The maximum absolute atomic E-state index is 6.14. The number of nitrogens with zero attached hydrogens (tertiary/aromatic N) is 2. The van der Waals surface area contributed by atoms with Crippen LogP contribution in [0.5, 0.6) is 0 Å². The van der Waals surface area contributed by atoms with Gasteiger partial charge in [0.05, 0.1) is 24.0 Å². The van der Waals surface area contributed by atoms with Crippen LogP contribution in [0.2, 0.25) is 0 Å². The fourth-order valence-corrected chi connectivity index (χ4v) is 2.21. The van der Waals surface area contributed by atoms with Crippen molar-refractivity contribution in [1.29, 1.82) is 0 Å². The molecule has 96 valence electrons. The van der Waals surface area contributed by atoms with Gasteiger partial charge in [-0.2, -0.15) is 5.10 Å². The molecule has 1 atom stereocenters. The molecule has 2 rings (SSSR count). The topological polar surface area (TPSA) is 65.1 Å². The lowest BCUT2D eigenvalue weighted by atomic mass is 10.1. The maximum atomic E-state index is 6.14. The summed E-state index contributed by atoms with van der Waals surface area (Å²) < 4.78 is 7.29. The van der Waals surface area contributed by atoms with E-state index in [0.717, 1.165) is 43.3 Å². The molecule has 1 saturated heterocycles. The summed E-state index contributed by atoms with van der Waals surface area (Å²) in [5.74, 6) is 1.27. The summed E-state index contributed by atoms with van der Waals surface area (Å²) in [5.41, 5.74) is 7.87. The van der Waals surface area contributed by atoms with Crippen molar-refractivity contribution in [2.24, 2.45) is 7.05 Å². The van der Waals surface area contributed by atoms with E-state index in [2.05, 4.69) is 24.3 Å². The second kappa shape index (κ2) is 4.96. The van der Waals surface area contributed by atoms with Crippen LogP contribution < -0.4 is 11.1 Å². The summed E-state index contributed by atoms with van der Waals surface area (Å²) in [4.78, 5) is 0. The van der Waals surface area contributed by atoms with Crippen molar-refractivity contribution in [2.75, 3.05) is 24.3 Å². The van der Waals surface area contributed by atoms with Gasteiger partial charge in [-0.05, 0) is 18.8 Å². The summed E-state index contributed by atoms with van der Waals surface area (Å²) in [7, 11) is 1.92. The van der Waals surface area contributed by atoms with Gasteiger partial charge < -0.3 is 15.8 Å². The van der Waals surface area contributed by atoms with E-state index in [1.54, 1.807) is 0 Å². The highest BCUT2D eigenvalue weighted by molar-refractivity contribution is 5.66. The zero-order valence-corrected chi connectivity index (χ0v) is 10.9. The van der Waals surface area contributed by atoms with Crippen LogP contribution in [-0.2, 0) is 11.8 Å². The predicted molar refractivity (Wildman–Crippen MR) is 69.2 cm³/mol. The van der Waals surface area contributed by atoms with Crippen LogP contribution in [0.25, 0.3) is 0 Å². The van der Waals surface area contributed by atoms with Gasteiger partial charge in [-0.25, -0.2) is 0 Å². The first-order chi connectivity index (χ1) is 8.09. The van der Waals surface area contributed by atoms with Crippen molar-refractivity contribution in [3.8, 4) is 0 Å². The molecular weight excluding hydrogens is 216 g/mol. The number of nitrogen functional groups attached to an aromatic ring is 1. The molecule has 3 N–H and O–H groups in total. The summed E-state index contributed by atoms with van der Waals surface area (Å²) in [5, 5.41) is 7.91. The van der Waals surface area contributed by atoms with E-state index < -0.39 is 0 Å². The van der Waals surface area contributed by atoms with Crippen molar-refractivity contribution in [3.05, 3.63) is 5.69 Å². The number of rotatable bonds is 3. The van der Waals surface area contributed by atoms with Crippen LogP contribution in [0.3, 0.4) is 0 Å². The molecule has 17 heavy (non-hydrogen) atoms. The summed E-state index contributed by atoms with van der Waals surface area (Å²) in [6.45, 7) is 5.83. The van der Waals surface area contributed by atoms with E-state index in [1.807, 2.05) is 11.7 Å². The molecular formula is C12H22N4O. The van der Waals surface area contributed by atoms with Gasteiger partial charge in [-0.3, -0.25) is 4.68 Å². The zero-order chi connectivity index (χ0) is 12.4. The molecule has 0 radical (unpaired) electrons. The fraction of sp³-hybridized carbons (Fsp3) is 0.750. The Morgan fingerprint density at radius 3 is 2.82 bits per heavy atom. The standard InChI is InChI=1S/C12H22N4O/c1-8(2)11-10(13)12(16(3)15-11)14-9-5-4-6-17-7-9/h8-9,14H,4-7,13H2,1-3H3. The molecule has 1 aliphatic rings. The van der Waals surface area contributed by atoms with E-state index in [1.165, 1.54) is 0 Å². The second-order valence-corrected chi connectivity index (χ2v) is 4.98. The minimum Gasteiger partial charge on any atom is -0.394 e. The Labute approximate surface area is 102 Å². The third kappa shape index (κ3) is 2.54. The molecule has 5 heteroatoms. The molecule has 0 saturated carbocycles. The summed E-state index contributed by atoms with van der Waals surface area (Å²) in [6, 6.07) is 0.349. The van der Waals surface area contributed by atoms with Crippen LogP contribution in [0.15, 0.2) is 0 Å². The molecule has 0 aromatic carbocycles. The lowest BCUT2D eigenvalue weighted by Gasteiger charge is -2.24. The van der Waals surface area contributed by atoms with Crippen LogP contribution in [0.4, 0.5) is 11.5 Å². The number of anilines is 2. The molecule has 5 nitrogen and oxygen atoms in total. The molecule has 0 spiro atoms. The van der Waals surface area contributed by atoms with Crippen LogP contribution in [0.1, 0.15) is 38.3 Å². The van der Waals surface area contributed by atoms with Crippen molar-refractivity contribution in [3.63, 3.8) is 0 Å². The van der Waals surface area contributed by atoms with E-state index in [9.17, 15) is 0 Å². The van der Waals surface area contributed by atoms with Crippen molar-refractivity contribution >= 4 is 11.5 Å². The van der Waals surface area contributed by atoms with Gasteiger partial charge in [0.1, 0.15) is 5.82 Å². The molecule has 1 fully saturated rings. The van der Waals surface area contributed by atoms with Crippen molar-refractivity contribution in [1.82, 2.24) is 9.78 Å². The number of nitrogens with one attached hydrogen (secondary N) is 1. The average molecular weight is 238 g/mol. The normalized spacial score (nSPS) is 20.8. The Balaban J connectivity index is 2.14. The van der Waals surface area contributed by atoms with E-state index in [-0.39, 0.29) is 0 Å². The minimum absolute atomic E-state index is 0.347. The molecule has 2 heterocycles. The Morgan fingerprint density at radius 2 is 2.29 bits per heavy atom. The molecule has 1 aliphatic heterocycles. The molecule has 1 unspecified atom stereocenters. The van der Waals surface area contributed by atoms with Gasteiger partial charge >= 0.3 is 0 Å². The first-order valence-electron chi connectivity index (χ1n) is 6.26. The SMILES string of the molecule is CC(C)c1nn(C)c(NC2CCCOC2)c1N. The van der Waals surface area contributed by atoms with Gasteiger partial charge in [0.15, 0.2) is 0 Å². The van der Waals surface area contributed by atoms with Gasteiger partial charge in [-0.1, -0.05) is 13.8 Å². The zero-order valence-electron chi connectivity index (χ0n) is 10.9. The van der Waals surface area contributed by atoms with Gasteiger partial charge in [0.25, 0.3) is 0 Å². The second-order valence-electron chi connectivity index (χ2n) is 4.98. The van der Waals surface area contributed by atoms with Crippen LogP contribution >= 0.6 is 0 Å². The minimum atomic E-state index is 0.347. The third-order valence-corrected chi connectivity index (χ3v) is 3.16. The quantitative estimate of drug-likeness (QED) is 0.841. The summed E-state index contributed by atoms with van der Waals surface area (Å²) >= 11 is 0. The Kier molecular flexibility index (Phi) is 3.57. The number of hydrogen-bond acceptors (Lipinski definition) is 4. The number of aryl methyl sites for hydroxylation is 1. The molecule has 1 aromatic rings. The highest BCUT2D eigenvalue weighted by Crippen LogP contribution is 2.28. The van der Waals surface area contributed by atoms with Gasteiger partial charge in [0.2, 0.25) is 0 Å². The summed E-state index contributed by atoms with van der Waals surface area (Å²) in [6.07, 6.45) is 2.23. The van der Waals surface area contributed by atoms with Gasteiger partial charge in [0, 0.05) is 13.7 Å². The lowest BCUT2D eigenvalue weighted by Crippen LogP contribution is -2.31. The molecule has 0 aliphatic carbocycles. The number of ether oxygens (including phenoxy) is 1. The number of nitrogens with two attached hydrogens (primary N) is 1. The largest absolute Gasteiger partial charge is 0.394 e. The van der Waals surface area contributed by atoms with E-state index in [0.29, 0.717) is 12.0 Å². The monoisotopic (exact) mass is 238 g/mol. The smallest absolute Gasteiger partial charge is 0.148 e. The third-order valence-electron chi connectivity index (χ3n) is 3.16. The number of hydrogen-bond donors (Lipinski definition) is 2. The lowest BCUT2D eigenvalue weighted by molar-refractivity contribution is 0.0874. The van der Waals surface area contributed by atoms with Gasteiger partial charge in [-0.15, -0.1) is 0 Å². The number of aromatic nitrogens is 2. The van der Waals surface area contributed by atoms with Crippen LogP contribution in [-0.4, -0.2) is 29.0 Å². The molecule has 1 aromatic heterocycles. The Morgan fingerprint density at radius 1 is 1.53 bits per heavy atom.